The Morgan fingerprint density at radius 2 is 1.83 bits per heavy atom. The summed E-state index contributed by atoms with van der Waals surface area (Å²) < 4.78 is 1.80. The second-order valence-electron chi connectivity index (χ2n) is 4.03. The zero-order chi connectivity index (χ0) is 12.8. The van der Waals surface area contributed by atoms with Crippen molar-refractivity contribution < 1.29 is 10.2 Å². The van der Waals surface area contributed by atoms with E-state index in [0.29, 0.717) is 6.54 Å². The van der Waals surface area contributed by atoms with E-state index in [4.69, 9.17) is 10.2 Å². The lowest BCUT2D eigenvalue weighted by Crippen LogP contribution is -2.35. The highest BCUT2D eigenvalue weighted by molar-refractivity contribution is 5.30. The van der Waals surface area contributed by atoms with Crippen LogP contribution in [0.4, 0.5) is 0 Å². The smallest absolute Gasteiger partial charge is 0.0767 e. The van der Waals surface area contributed by atoms with E-state index in [-0.39, 0.29) is 19.3 Å². The molecule has 0 amide bonds. The number of hydrogen-bond acceptors (Lipinski definition) is 4. The Hall–Kier alpha value is -1.69. The van der Waals surface area contributed by atoms with Gasteiger partial charge in [0.1, 0.15) is 0 Å². The molecule has 0 saturated carbocycles. The van der Waals surface area contributed by atoms with Crippen LogP contribution in [0, 0.1) is 0 Å². The largest absolute Gasteiger partial charge is 0.395 e. The molecule has 0 aliphatic rings. The average molecular weight is 247 g/mol. The van der Waals surface area contributed by atoms with Crippen molar-refractivity contribution in [2.45, 2.75) is 12.6 Å². The van der Waals surface area contributed by atoms with E-state index in [0.717, 1.165) is 11.4 Å². The van der Waals surface area contributed by atoms with Crippen molar-refractivity contribution in [3.63, 3.8) is 0 Å². The zero-order valence-corrected chi connectivity index (χ0v) is 10.0. The van der Waals surface area contributed by atoms with Gasteiger partial charge in [0.2, 0.25) is 0 Å². The standard InChI is InChI=1S/C13H17N3O2/c17-9-12(10-18)14-8-11-6-7-16(15-11)13-4-2-1-3-5-13/h1-7,12,14,17-18H,8-10H2. The first-order valence-corrected chi connectivity index (χ1v) is 5.88. The Balaban J connectivity index is 1.98. The SMILES string of the molecule is OCC(CO)NCc1ccn(-c2ccccc2)n1. The number of hydrogen-bond donors (Lipinski definition) is 3. The van der Waals surface area contributed by atoms with E-state index in [1.807, 2.05) is 42.6 Å². The maximum Gasteiger partial charge on any atom is 0.0767 e. The van der Waals surface area contributed by atoms with Crippen LogP contribution in [0.2, 0.25) is 0 Å². The van der Waals surface area contributed by atoms with E-state index < -0.39 is 0 Å². The average Bonchev–Trinajstić information content (AvgIpc) is 2.90. The monoisotopic (exact) mass is 247 g/mol. The third kappa shape index (κ3) is 3.16. The fourth-order valence-corrected chi connectivity index (χ4v) is 1.62. The summed E-state index contributed by atoms with van der Waals surface area (Å²) in [6.45, 7) is 0.345. The minimum atomic E-state index is -0.299. The molecule has 1 aromatic heterocycles. The summed E-state index contributed by atoms with van der Waals surface area (Å²) in [4.78, 5) is 0. The van der Waals surface area contributed by atoms with Gasteiger partial charge in [0.15, 0.2) is 0 Å². The Bertz CT molecular complexity index is 466. The van der Waals surface area contributed by atoms with Crippen molar-refractivity contribution in [1.29, 1.82) is 0 Å². The number of aromatic nitrogens is 2. The van der Waals surface area contributed by atoms with Crippen LogP contribution in [0.25, 0.3) is 5.69 Å². The molecule has 3 N–H and O–H groups in total. The molecule has 0 aliphatic heterocycles. The highest BCUT2D eigenvalue weighted by atomic mass is 16.3. The molecule has 0 aliphatic carbocycles. The number of nitrogens with one attached hydrogen (secondary N) is 1. The molecular weight excluding hydrogens is 230 g/mol. The number of benzene rings is 1. The number of aliphatic hydroxyl groups excluding tert-OH is 2. The Kier molecular flexibility index (Phi) is 4.46. The molecule has 2 rings (SSSR count). The molecule has 1 heterocycles. The maximum atomic E-state index is 8.94. The number of nitrogens with zero attached hydrogens (tertiary/aromatic N) is 2. The summed E-state index contributed by atoms with van der Waals surface area (Å²) in [6.07, 6.45) is 1.89. The highest BCUT2D eigenvalue weighted by Crippen LogP contribution is 2.06. The highest BCUT2D eigenvalue weighted by Gasteiger charge is 2.06. The topological polar surface area (TPSA) is 70.3 Å². The summed E-state index contributed by atoms with van der Waals surface area (Å²) >= 11 is 0. The Morgan fingerprint density at radius 1 is 1.11 bits per heavy atom. The van der Waals surface area contributed by atoms with E-state index in [9.17, 15) is 0 Å². The predicted octanol–water partition coefficient (Wildman–Crippen LogP) is 0.315. The third-order valence-corrected chi connectivity index (χ3v) is 2.68. The molecule has 96 valence electrons. The molecule has 5 heteroatoms. The van der Waals surface area contributed by atoms with Gasteiger partial charge < -0.3 is 15.5 Å². The van der Waals surface area contributed by atoms with Crippen molar-refractivity contribution in [2.75, 3.05) is 13.2 Å². The van der Waals surface area contributed by atoms with Gasteiger partial charge in [-0.05, 0) is 18.2 Å². The van der Waals surface area contributed by atoms with Crippen LogP contribution in [0.1, 0.15) is 5.69 Å². The molecule has 0 radical (unpaired) electrons. The maximum absolute atomic E-state index is 8.94. The second kappa shape index (κ2) is 6.30. The summed E-state index contributed by atoms with van der Waals surface area (Å²) in [5.74, 6) is 0. The lowest BCUT2D eigenvalue weighted by atomic mass is 10.3. The van der Waals surface area contributed by atoms with Crippen LogP contribution in [0.5, 0.6) is 0 Å². The van der Waals surface area contributed by atoms with Crippen molar-refractivity contribution in [1.82, 2.24) is 15.1 Å². The molecule has 0 fully saturated rings. The van der Waals surface area contributed by atoms with Crippen LogP contribution < -0.4 is 5.32 Å². The Morgan fingerprint density at radius 3 is 2.50 bits per heavy atom. The van der Waals surface area contributed by atoms with Crippen molar-refractivity contribution in [2.24, 2.45) is 0 Å². The minimum absolute atomic E-state index is 0.0874. The second-order valence-corrected chi connectivity index (χ2v) is 4.03. The van der Waals surface area contributed by atoms with Crippen LogP contribution in [-0.2, 0) is 6.54 Å². The van der Waals surface area contributed by atoms with Gasteiger partial charge in [-0.2, -0.15) is 5.10 Å². The first kappa shape index (κ1) is 12.8. The van der Waals surface area contributed by atoms with Crippen molar-refractivity contribution in [3.8, 4) is 5.69 Å². The summed E-state index contributed by atoms with van der Waals surface area (Å²) in [6, 6.07) is 11.5. The van der Waals surface area contributed by atoms with E-state index in [1.165, 1.54) is 0 Å². The fraction of sp³-hybridized carbons (Fsp3) is 0.308. The molecule has 18 heavy (non-hydrogen) atoms. The summed E-state index contributed by atoms with van der Waals surface area (Å²) in [7, 11) is 0. The van der Waals surface area contributed by atoms with Crippen LogP contribution >= 0.6 is 0 Å². The van der Waals surface area contributed by atoms with Gasteiger partial charge in [0.25, 0.3) is 0 Å². The normalized spacial score (nSPS) is 11.1. The first-order chi connectivity index (χ1) is 8.83. The number of para-hydroxylation sites is 1. The van der Waals surface area contributed by atoms with Gasteiger partial charge in [0.05, 0.1) is 30.6 Å². The number of rotatable bonds is 6. The van der Waals surface area contributed by atoms with Gasteiger partial charge in [-0.25, -0.2) is 4.68 Å². The van der Waals surface area contributed by atoms with Crippen molar-refractivity contribution >= 4 is 0 Å². The summed E-state index contributed by atoms with van der Waals surface area (Å²) in [5.41, 5.74) is 1.87. The minimum Gasteiger partial charge on any atom is -0.395 e. The Labute approximate surface area is 106 Å². The van der Waals surface area contributed by atoms with Crippen LogP contribution in [-0.4, -0.2) is 39.2 Å². The lowest BCUT2D eigenvalue weighted by Gasteiger charge is -2.11. The quantitative estimate of drug-likeness (QED) is 0.687. The van der Waals surface area contributed by atoms with E-state index in [1.54, 1.807) is 4.68 Å². The van der Waals surface area contributed by atoms with Crippen molar-refractivity contribution in [3.05, 3.63) is 48.3 Å². The van der Waals surface area contributed by atoms with Gasteiger partial charge in [-0.3, -0.25) is 0 Å². The van der Waals surface area contributed by atoms with E-state index >= 15 is 0 Å². The molecule has 5 nitrogen and oxygen atoms in total. The molecule has 0 spiro atoms. The van der Waals surface area contributed by atoms with Gasteiger partial charge >= 0.3 is 0 Å². The molecule has 0 atom stereocenters. The zero-order valence-electron chi connectivity index (χ0n) is 10.0. The lowest BCUT2D eigenvalue weighted by molar-refractivity contribution is 0.170. The molecule has 0 bridgehead atoms. The molecule has 0 unspecified atom stereocenters. The molecule has 1 aromatic carbocycles. The van der Waals surface area contributed by atoms with Gasteiger partial charge in [0, 0.05) is 12.7 Å². The molecule has 2 aromatic rings. The third-order valence-electron chi connectivity index (χ3n) is 2.68. The van der Waals surface area contributed by atoms with Gasteiger partial charge in [-0.15, -0.1) is 0 Å². The van der Waals surface area contributed by atoms with Crippen LogP contribution in [0.3, 0.4) is 0 Å². The van der Waals surface area contributed by atoms with E-state index in [2.05, 4.69) is 10.4 Å². The molecule has 0 saturated heterocycles. The van der Waals surface area contributed by atoms with Gasteiger partial charge in [-0.1, -0.05) is 18.2 Å². The number of aliphatic hydroxyl groups is 2. The first-order valence-electron chi connectivity index (χ1n) is 5.88. The van der Waals surface area contributed by atoms with Crippen LogP contribution in [0.15, 0.2) is 42.6 Å². The molecular formula is C13H17N3O2. The fourth-order valence-electron chi connectivity index (χ4n) is 1.62. The predicted molar refractivity (Wildman–Crippen MR) is 68.4 cm³/mol. The summed E-state index contributed by atoms with van der Waals surface area (Å²) in [5, 5.41) is 25.3.